The molecule has 2 aliphatic rings. The van der Waals surface area contributed by atoms with Crippen molar-refractivity contribution in [2.75, 3.05) is 0 Å². The predicted molar refractivity (Wildman–Crippen MR) is 52.2 cm³/mol. The van der Waals surface area contributed by atoms with Gasteiger partial charge in [-0.3, -0.25) is 9.69 Å². The highest BCUT2D eigenvalue weighted by atomic mass is 16.5. The van der Waals surface area contributed by atoms with Crippen LogP contribution in [0.4, 0.5) is 4.79 Å². The Bertz CT molecular complexity index is 436. The lowest BCUT2D eigenvalue weighted by atomic mass is 9.77. The summed E-state index contributed by atoms with van der Waals surface area (Å²) in [6, 6.07) is 1.32. The second kappa shape index (κ2) is 3.07. The quantitative estimate of drug-likeness (QED) is 0.744. The van der Waals surface area contributed by atoms with Crippen molar-refractivity contribution in [1.82, 2.24) is 15.4 Å². The zero-order valence-electron chi connectivity index (χ0n) is 8.60. The van der Waals surface area contributed by atoms with E-state index in [0.717, 1.165) is 19.3 Å². The van der Waals surface area contributed by atoms with Crippen molar-refractivity contribution < 1.29 is 14.1 Å². The molecule has 0 unspecified atom stereocenters. The van der Waals surface area contributed by atoms with Gasteiger partial charge < -0.3 is 9.84 Å². The van der Waals surface area contributed by atoms with Gasteiger partial charge in [-0.1, -0.05) is 5.16 Å². The smallest absolute Gasteiger partial charge is 0.325 e. The Hall–Kier alpha value is -1.85. The molecule has 1 aromatic rings. The van der Waals surface area contributed by atoms with Crippen LogP contribution < -0.4 is 5.32 Å². The van der Waals surface area contributed by atoms with Crippen LogP contribution in [0.5, 0.6) is 0 Å². The fourth-order valence-electron chi connectivity index (χ4n) is 2.17. The molecule has 84 valence electrons. The molecule has 1 aliphatic carbocycles. The van der Waals surface area contributed by atoms with Gasteiger partial charge in [0.1, 0.15) is 17.5 Å². The van der Waals surface area contributed by atoms with E-state index in [4.69, 9.17) is 0 Å². The van der Waals surface area contributed by atoms with E-state index in [2.05, 4.69) is 15.0 Å². The van der Waals surface area contributed by atoms with Crippen molar-refractivity contribution >= 4 is 11.9 Å². The molecule has 6 heteroatoms. The first kappa shape index (κ1) is 9.38. The molecule has 0 aromatic carbocycles. The average molecular weight is 221 g/mol. The Kier molecular flexibility index (Phi) is 1.80. The zero-order chi connectivity index (χ0) is 11.2. The maximum atomic E-state index is 12.0. The van der Waals surface area contributed by atoms with E-state index in [1.165, 1.54) is 11.2 Å². The normalized spacial score (nSPS) is 22.4. The number of carbonyl (C=O) groups excluding carboxylic acids is 2. The number of urea groups is 1. The minimum absolute atomic E-state index is 0.133. The van der Waals surface area contributed by atoms with Gasteiger partial charge in [-0.2, -0.15) is 0 Å². The molecule has 0 bridgehead atoms. The summed E-state index contributed by atoms with van der Waals surface area (Å²) in [7, 11) is 0. The first-order chi connectivity index (χ1) is 7.71. The van der Waals surface area contributed by atoms with Crippen LogP contribution in [0.1, 0.15) is 25.0 Å². The number of nitrogens with one attached hydrogen (secondary N) is 1. The minimum Gasteiger partial charge on any atom is -0.364 e. The topological polar surface area (TPSA) is 75.4 Å². The highest BCUT2D eigenvalue weighted by Gasteiger charge is 2.54. The number of rotatable bonds is 2. The van der Waals surface area contributed by atoms with E-state index in [-0.39, 0.29) is 18.5 Å². The summed E-state index contributed by atoms with van der Waals surface area (Å²) >= 11 is 0. The molecule has 2 fully saturated rings. The molecular weight excluding hydrogens is 210 g/mol. The minimum atomic E-state index is -0.610. The molecule has 1 saturated heterocycles. The summed E-state index contributed by atoms with van der Waals surface area (Å²) in [6.07, 6.45) is 3.90. The SMILES string of the molecule is O=C1NC2(CCC2)C(=O)N1Cc1ccon1. The van der Waals surface area contributed by atoms with Gasteiger partial charge in [0.05, 0.1) is 6.54 Å². The van der Waals surface area contributed by atoms with Crippen molar-refractivity contribution in [2.45, 2.75) is 31.3 Å². The lowest BCUT2D eigenvalue weighted by Gasteiger charge is -2.34. The summed E-state index contributed by atoms with van der Waals surface area (Å²) in [5.41, 5.74) is -0.0271. The first-order valence-electron chi connectivity index (χ1n) is 5.25. The van der Waals surface area contributed by atoms with Gasteiger partial charge in [0.25, 0.3) is 5.91 Å². The number of hydrogen-bond acceptors (Lipinski definition) is 4. The highest BCUT2D eigenvalue weighted by Crippen LogP contribution is 2.37. The van der Waals surface area contributed by atoms with E-state index in [1.54, 1.807) is 6.07 Å². The number of hydrogen-bond donors (Lipinski definition) is 1. The third kappa shape index (κ3) is 1.16. The molecule has 1 aliphatic heterocycles. The van der Waals surface area contributed by atoms with Crippen molar-refractivity contribution in [3.63, 3.8) is 0 Å². The first-order valence-corrected chi connectivity index (χ1v) is 5.25. The fraction of sp³-hybridized carbons (Fsp3) is 0.500. The molecule has 2 heterocycles. The molecule has 1 spiro atoms. The van der Waals surface area contributed by atoms with Crippen molar-refractivity contribution in [3.05, 3.63) is 18.0 Å². The Morgan fingerprint density at radius 3 is 2.81 bits per heavy atom. The van der Waals surface area contributed by atoms with Gasteiger partial charge in [-0.15, -0.1) is 0 Å². The third-order valence-corrected chi connectivity index (χ3v) is 3.26. The van der Waals surface area contributed by atoms with E-state index in [9.17, 15) is 9.59 Å². The molecule has 3 amide bonds. The number of aromatic nitrogens is 1. The molecule has 1 saturated carbocycles. The number of imide groups is 1. The third-order valence-electron chi connectivity index (χ3n) is 3.26. The van der Waals surface area contributed by atoms with Crippen molar-refractivity contribution in [3.8, 4) is 0 Å². The Morgan fingerprint density at radius 1 is 1.50 bits per heavy atom. The molecule has 1 N–H and O–H groups in total. The second-order valence-corrected chi connectivity index (χ2v) is 4.25. The van der Waals surface area contributed by atoms with Crippen LogP contribution in [-0.2, 0) is 11.3 Å². The summed E-state index contributed by atoms with van der Waals surface area (Å²) in [5.74, 6) is -0.133. The maximum absolute atomic E-state index is 12.0. The average Bonchev–Trinajstić information content (AvgIpc) is 2.78. The van der Waals surface area contributed by atoms with Crippen molar-refractivity contribution in [1.29, 1.82) is 0 Å². The van der Waals surface area contributed by atoms with E-state index < -0.39 is 5.54 Å². The van der Waals surface area contributed by atoms with Gasteiger partial charge in [-0.05, 0) is 19.3 Å². The van der Waals surface area contributed by atoms with E-state index >= 15 is 0 Å². The Morgan fingerprint density at radius 2 is 2.31 bits per heavy atom. The summed E-state index contributed by atoms with van der Waals surface area (Å²) in [5, 5.41) is 6.45. The number of amides is 3. The lowest BCUT2D eigenvalue weighted by Crippen LogP contribution is -2.52. The second-order valence-electron chi connectivity index (χ2n) is 4.25. The molecular formula is C10H11N3O3. The monoisotopic (exact) mass is 221 g/mol. The van der Waals surface area contributed by atoms with Crippen LogP contribution in [0.25, 0.3) is 0 Å². The largest absolute Gasteiger partial charge is 0.364 e. The zero-order valence-corrected chi connectivity index (χ0v) is 8.60. The highest BCUT2D eigenvalue weighted by molar-refractivity contribution is 6.07. The Balaban J connectivity index is 1.80. The van der Waals surface area contributed by atoms with E-state index in [0.29, 0.717) is 5.69 Å². The van der Waals surface area contributed by atoms with Gasteiger partial charge in [0.2, 0.25) is 0 Å². The molecule has 0 radical (unpaired) electrons. The van der Waals surface area contributed by atoms with Crippen LogP contribution in [0.3, 0.4) is 0 Å². The van der Waals surface area contributed by atoms with Crippen LogP contribution in [0.2, 0.25) is 0 Å². The standard InChI is InChI=1S/C10H11N3O3/c14-8-10(3-1-4-10)11-9(15)13(8)6-7-2-5-16-12-7/h2,5H,1,3-4,6H2,(H,11,15). The Labute approximate surface area is 91.6 Å². The van der Waals surface area contributed by atoms with Crippen molar-refractivity contribution in [2.24, 2.45) is 0 Å². The molecule has 16 heavy (non-hydrogen) atoms. The summed E-state index contributed by atoms with van der Waals surface area (Å²) in [6.45, 7) is 0.183. The molecule has 6 nitrogen and oxygen atoms in total. The number of nitrogens with zero attached hydrogens (tertiary/aromatic N) is 2. The number of carbonyl (C=O) groups is 2. The van der Waals surface area contributed by atoms with Crippen LogP contribution in [0, 0.1) is 0 Å². The molecule has 1 aromatic heterocycles. The van der Waals surface area contributed by atoms with Crippen LogP contribution in [0.15, 0.2) is 16.9 Å². The lowest BCUT2D eigenvalue weighted by molar-refractivity contribution is -0.134. The fourth-order valence-corrected chi connectivity index (χ4v) is 2.17. The van der Waals surface area contributed by atoms with Gasteiger partial charge >= 0.3 is 6.03 Å². The molecule has 3 rings (SSSR count). The molecule has 0 atom stereocenters. The summed E-state index contributed by atoms with van der Waals surface area (Å²) < 4.78 is 4.67. The van der Waals surface area contributed by atoms with Gasteiger partial charge in [0, 0.05) is 6.07 Å². The van der Waals surface area contributed by atoms with E-state index in [1.807, 2.05) is 0 Å². The van der Waals surface area contributed by atoms with Gasteiger partial charge in [-0.25, -0.2) is 4.79 Å². The maximum Gasteiger partial charge on any atom is 0.325 e. The van der Waals surface area contributed by atoms with Crippen LogP contribution >= 0.6 is 0 Å². The van der Waals surface area contributed by atoms with Gasteiger partial charge in [0.15, 0.2) is 0 Å². The predicted octanol–water partition coefficient (Wildman–Crippen LogP) is 0.649. The van der Waals surface area contributed by atoms with Crippen LogP contribution in [-0.4, -0.2) is 27.5 Å². The summed E-state index contributed by atoms with van der Waals surface area (Å²) in [4.78, 5) is 24.9.